The first-order chi connectivity index (χ1) is 7.42. The third-order valence-electron chi connectivity index (χ3n) is 1.72. The van der Waals surface area contributed by atoms with Crippen molar-refractivity contribution in [3.05, 3.63) is 42.5 Å². The predicted octanol–water partition coefficient (Wildman–Crippen LogP) is 3.34. The molecule has 0 N–H and O–H groups in total. The molecule has 0 amide bonds. The van der Waals surface area contributed by atoms with Crippen molar-refractivity contribution in [2.45, 2.75) is 12.8 Å². The minimum atomic E-state index is -4.75. The SMILES string of the molecule is C=CCC(=O)c1cccc(OC(F)(F)F)c1. The van der Waals surface area contributed by atoms with E-state index in [4.69, 9.17) is 0 Å². The molecular weight excluding hydrogens is 221 g/mol. The molecule has 0 saturated carbocycles. The van der Waals surface area contributed by atoms with Gasteiger partial charge in [0.15, 0.2) is 5.78 Å². The Bertz CT molecular complexity index is 396. The van der Waals surface area contributed by atoms with E-state index in [2.05, 4.69) is 11.3 Å². The van der Waals surface area contributed by atoms with Crippen LogP contribution in [0.5, 0.6) is 5.75 Å². The first-order valence-corrected chi connectivity index (χ1v) is 4.42. The maximum atomic E-state index is 11.9. The fourth-order valence-electron chi connectivity index (χ4n) is 1.12. The van der Waals surface area contributed by atoms with Gasteiger partial charge in [0, 0.05) is 12.0 Å². The number of halogens is 3. The zero-order valence-electron chi connectivity index (χ0n) is 8.25. The van der Waals surface area contributed by atoms with Crippen LogP contribution < -0.4 is 4.74 Å². The van der Waals surface area contributed by atoms with E-state index in [1.807, 2.05) is 0 Å². The van der Waals surface area contributed by atoms with E-state index < -0.39 is 12.1 Å². The lowest BCUT2D eigenvalue weighted by Crippen LogP contribution is -2.17. The van der Waals surface area contributed by atoms with Crippen LogP contribution in [0.4, 0.5) is 13.2 Å². The van der Waals surface area contributed by atoms with Gasteiger partial charge in [0.1, 0.15) is 5.75 Å². The fraction of sp³-hybridized carbons (Fsp3) is 0.182. The van der Waals surface area contributed by atoms with Crippen LogP contribution in [-0.4, -0.2) is 12.1 Å². The number of benzene rings is 1. The Hall–Kier alpha value is -1.78. The van der Waals surface area contributed by atoms with Crippen molar-refractivity contribution in [2.24, 2.45) is 0 Å². The summed E-state index contributed by atoms with van der Waals surface area (Å²) < 4.78 is 39.4. The van der Waals surface area contributed by atoms with Crippen LogP contribution in [0.1, 0.15) is 16.8 Å². The molecule has 1 aromatic carbocycles. The van der Waals surface area contributed by atoms with Gasteiger partial charge in [-0.1, -0.05) is 18.2 Å². The molecule has 0 aliphatic heterocycles. The van der Waals surface area contributed by atoms with Crippen LogP contribution in [0.3, 0.4) is 0 Å². The number of hydrogen-bond acceptors (Lipinski definition) is 2. The Morgan fingerprint density at radius 1 is 1.44 bits per heavy atom. The maximum absolute atomic E-state index is 11.9. The molecule has 0 fully saturated rings. The molecule has 0 aliphatic carbocycles. The molecule has 5 heteroatoms. The summed E-state index contributed by atoms with van der Waals surface area (Å²) in [6.07, 6.45) is -3.28. The van der Waals surface area contributed by atoms with Crippen molar-refractivity contribution >= 4 is 5.78 Å². The molecule has 1 rings (SSSR count). The third kappa shape index (κ3) is 3.76. The van der Waals surface area contributed by atoms with Gasteiger partial charge in [0.2, 0.25) is 0 Å². The smallest absolute Gasteiger partial charge is 0.406 e. The molecule has 0 aliphatic rings. The van der Waals surface area contributed by atoms with Gasteiger partial charge in [-0.25, -0.2) is 0 Å². The lowest BCUT2D eigenvalue weighted by atomic mass is 10.1. The fourth-order valence-corrected chi connectivity index (χ4v) is 1.12. The third-order valence-corrected chi connectivity index (χ3v) is 1.72. The number of alkyl halides is 3. The average molecular weight is 230 g/mol. The molecule has 1 aromatic rings. The number of allylic oxidation sites excluding steroid dienone is 1. The highest BCUT2D eigenvalue weighted by Gasteiger charge is 2.31. The summed E-state index contributed by atoms with van der Waals surface area (Å²) in [6.45, 7) is 3.38. The van der Waals surface area contributed by atoms with Gasteiger partial charge in [-0.05, 0) is 12.1 Å². The second-order valence-corrected chi connectivity index (χ2v) is 2.99. The van der Waals surface area contributed by atoms with E-state index in [0.717, 1.165) is 12.1 Å². The minimum absolute atomic E-state index is 0.0788. The zero-order chi connectivity index (χ0) is 12.2. The molecule has 16 heavy (non-hydrogen) atoms. The van der Waals surface area contributed by atoms with Crippen molar-refractivity contribution in [3.8, 4) is 5.75 Å². The molecule has 2 nitrogen and oxygen atoms in total. The molecule has 0 aromatic heterocycles. The van der Waals surface area contributed by atoms with Crippen LogP contribution in [0, 0.1) is 0 Å². The summed E-state index contributed by atoms with van der Waals surface area (Å²) in [5.74, 6) is -0.704. The van der Waals surface area contributed by atoms with Gasteiger partial charge < -0.3 is 4.74 Å². The predicted molar refractivity (Wildman–Crippen MR) is 52.3 cm³/mol. The Morgan fingerprint density at radius 2 is 2.12 bits per heavy atom. The van der Waals surface area contributed by atoms with E-state index in [9.17, 15) is 18.0 Å². The van der Waals surface area contributed by atoms with Crippen molar-refractivity contribution < 1.29 is 22.7 Å². The molecule has 86 valence electrons. The van der Waals surface area contributed by atoms with Crippen LogP contribution >= 0.6 is 0 Å². The number of hydrogen-bond donors (Lipinski definition) is 0. The summed E-state index contributed by atoms with van der Waals surface area (Å²) >= 11 is 0. The van der Waals surface area contributed by atoms with Crippen LogP contribution in [0.25, 0.3) is 0 Å². The number of ether oxygens (including phenoxy) is 1. The summed E-state index contributed by atoms with van der Waals surface area (Å²) in [4.78, 5) is 11.4. The van der Waals surface area contributed by atoms with Crippen LogP contribution in [-0.2, 0) is 0 Å². The molecule has 0 unspecified atom stereocenters. The van der Waals surface area contributed by atoms with Crippen molar-refractivity contribution in [3.63, 3.8) is 0 Å². The van der Waals surface area contributed by atoms with Gasteiger partial charge in [-0.15, -0.1) is 19.8 Å². The Kier molecular flexibility index (Phi) is 3.71. The number of carbonyl (C=O) groups excluding carboxylic acids is 1. The summed E-state index contributed by atoms with van der Waals surface area (Å²) in [5, 5.41) is 0. The van der Waals surface area contributed by atoms with Gasteiger partial charge in [-0.3, -0.25) is 4.79 Å². The van der Waals surface area contributed by atoms with Gasteiger partial charge >= 0.3 is 6.36 Å². The normalized spacial score (nSPS) is 10.9. The van der Waals surface area contributed by atoms with Gasteiger partial charge in [-0.2, -0.15) is 0 Å². The Labute approximate surface area is 90.3 Å². The Morgan fingerprint density at radius 3 is 2.69 bits per heavy atom. The molecule has 0 spiro atoms. The van der Waals surface area contributed by atoms with Crippen LogP contribution in [0.15, 0.2) is 36.9 Å². The average Bonchev–Trinajstić information content (AvgIpc) is 2.16. The summed E-state index contributed by atoms with van der Waals surface area (Å²) in [7, 11) is 0. The summed E-state index contributed by atoms with van der Waals surface area (Å²) in [6, 6.07) is 4.95. The van der Waals surface area contributed by atoms with Crippen molar-refractivity contribution in [1.29, 1.82) is 0 Å². The highest BCUT2D eigenvalue weighted by Crippen LogP contribution is 2.23. The lowest BCUT2D eigenvalue weighted by molar-refractivity contribution is -0.274. The Balaban J connectivity index is 2.86. The largest absolute Gasteiger partial charge is 0.573 e. The van der Waals surface area contributed by atoms with E-state index in [0.29, 0.717) is 0 Å². The topological polar surface area (TPSA) is 26.3 Å². The number of carbonyl (C=O) groups is 1. The number of ketones is 1. The lowest BCUT2D eigenvalue weighted by Gasteiger charge is -2.09. The van der Waals surface area contributed by atoms with E-state index >= 15 is 0 Å². The van der Waals surface area contributed by atoms with E-state index in [-0.39, 0.29) is 17.8 Å². The summed E-state index contributed by atoms with van der Waals surface area (Å²) in [5.41, 5.74) is 0.168. The van der Waals surface area contributed by atoms with E-state index in [1.54, 1.807) is 0 Å². The van der Waals surface area contributed by atoms with E-state index in [1.165, 1.54) is 18.2 Å². The molecule has 0 radical (unpaired) electrons. The number of rotatable bonds is 4. The second-order valence-electron chi connectivity index (χ2n) is 2.99. The maximum Gasteiger partial charge on any atom is 0.573 e. The monoisotopic (exact) mass is 230 g/mol. The first-order valence-electron chi connectivity index (χ1n) is 4.42. The van der Waals surface area contributed by atoms with Gasteiger partial charge in [0.25, 0.3) is 0 Å². The number of Topliss-reactive ketones (excluding diaryl/α,β-unsaturated/α-hetero) is 1. The molecule has 0 bridgehead atoms. The second kappa shape index (κ2) is 4.83. The van der Waals surface area contributed by atoms with Gasteiger partial charge in [0.05, 0.1) is 0 Å². The van der Waals surface area contributed by atoms with Crippen molar-refractivity contribution in [2.75, 3.05) is 0 Å². The minimum Gasteiger partial charge on any atom is -0.406 e. The quantitative estimate of drug-likeness (QED) is 0.585. The highest BCUT2D eigenvalue weighted by molar-refractivity contribution is 5.97. The molecule has 0 saturated heterocycles. The van der Waals surface area contributed by atoms with Crippen molar-refractivity contribution in [1.82, 2.24) is 0 Å². The highest BCUT2D eigenvalue weighted by atomic mass is 19.4. The molecule has 0 heterocycles. The first kappa shape index (κ1) is 12.3. The molecular formula is C11H9F3O2. The zero-order valence-corrected chi connectivity index (χ0v) is 8.25. The standard InChI is InChI=1S/C11H9F3O2/c1-2-4-10(15)8-5-3-6-9(7-8)16-11(12,13)14/h2-3,5-7H,1,4H2. The molecule has 0 atom stereocenters. The van der Waals surface area contributed by atoms with Crippen LogP contribution in [0.2, 0.25) is 0 Å².